The molecule has 0 saturated heterocycles. The molecule has 0 bridgehead atoms. The van der Waals surface area contributed by atoms with Gasteiger partial charge in [0.1, 0.15) is 17.4 Å². The number of aryl methyl sites for hydroxylation is 1. The van der Waals surface area contributed by atoms with Gasteiger partial charge in [0.25, 0.3) is 0 Å². The van der Waals surface area contributed by atoms with Crippen molar-refractivity contribution in [3.63, 3.8) is 0 Å². The number of rotatable bonds is 4. The maximum Gasteiger partial charge on any atom is 0.206 e. The van der Waals surface area contributed by atoms with Crippen LogP contribution in [0.4, 0.5) is 5.69 Å². The molecule has 4 aromatic rings. The number of fused-ring (bicyclic) bond motifs is 2. The first-order chi connectivity index (χ1) is 13.5. The lowest BCUT2D eigenvalue weighted by molar-refractivity contribution is 0.400. The Balaban J connectivity index is 1.95. The summed E-state index contributed by atoms with van der Waals surface area (Å²) in [6, 6.07) is 7.50. The van der Waals surface area contributed by atoms with Crippen LogP contribution in [-0.2, 0) is 0 Å². The molecule has 28 heavy (non-hydrogen) atoms. The smallest absolute Gasteiger partial charge is 0.206 e. The zero-order valence-corrected chi connectivity index (χ0v) is 17.0. The van der Waals surface area contributed by atoms with Gasteiger partial charge in [-0.05, 0) is 46.6 Å². The minimum atomic E-state index is -0.272. The van der Waals surface area contributed by atoms with Gasteiger partial charge in [-0.2, -0.15) is 0 Å². The Morgan fingerprint density at radius 2 is 1.86 bits per heavy atom. The lowest BCUT2D eigenvalue weighted by Crippen LogP contribution is -2.10. The molecule has 142 valence electrons. The Morgan fingerprint density at radius 3 is 2.57 bits per heavy atom. The number of ether oxygens (including phenoxy) is 2. The highest BCUT2D eigenvalue weighted by Gasteiger charge is 2.22. The molecule has 0 aliphatic heterocycles. The van der Waals surface area contributed by atoms with E-state index in [4.69, 9.17) is 18.3 Å². The molecule has 2 heterocycles. The Labute approximate surface area is 168 Å². The number of benzene rings is 2. The van der Waals surface area contributed by atoms with Crippen LogP contribution in [0.3, 0.4) is 0 Å². The molecule has 0 saturated carbocycles. The molecule has 0 unspecified atom stereocenters. The van der Waals surface area contributed by atoms with Crippen molar-refractivity contribution in [2.75, 3.05) is 14.2 Å². The van der Waals surface area contributed by atoms with Crippen LogP contribution in [-0.4, -0.2) is 20.4 Å². The predicted octanol–water partition coefficient (Wildman–Crippen LogP) is 5.38. The molecule has 6 nitrogen and oxygen atoms in total. The van der Waals surface area contributed by atoms with Gasteiger partial charge in [0, 0.05) is 10.7 Å². The van der Waals surface area contributed by atoms with E-state index in [1.165, 1.54) is 33.0 Å². The van der Waals surface area contributed by atoms with Crippen molar-refractivity contribution in [3.05, 3.63) is 62.6 Å². The summed E-state index contributed by atoms with van der Waals surface area (Å²) in [7, 11) is 2.99. The van der Waals surface area contributed by atoms with Gasteiger partial charge < -0.3 is 18.3 Å². The summed E-state index contributed by atoms with van der Waals surface area (Å²) in [5.41, 5.74) is 2.56. The number of furan rings is 1. The third kappa shape index (κ3) is 2.88. The predicted molar refractivity (Wildman–Crippen MR) is 111 cm³/mol. The Morgan fingerprint density at radius 1 is 1.07 bits per heavy atom. The molecule has 4 rings (SSSR count). The Kier molecular flexibility index (Phi) is 4.68. The fraction of sp³-hybridized carbons (Fsp3) is 0.143. The molecule has 0 radical (unpaired) electrons. The summed E-state index contributed by atoms with van der Waals surface area (Å²) in [5, 5.41) is 0.912. The maximum atomic E-state index is 13.2. The number of methoxy groups -OCH3 is 2. The van der Waals surface area contributed by atoms with Crippen LogP contribution in [0, 0.1) is 6.92 Å². The molecule has 2 aromatic carbocycles. The third-order valence-corrected chi connectivity index (χ3v) is 5.06. The average Bonchev–Trinajstić information content (AvgIpc) is 3.16. The quantitative estimate of drug-likeness (QED) is 0.397. The number of hydrogen-bond acceptors (Lipinski definition) is 6. The SMILES string of the molecule is COc1c2occc2c(OC)c2c(=O)c(C=Nc3ccc(C)cc3Br)coc12. The molecule has 7 heteroatoms. The zero-order valence-electron chi connectivity index (χ0n) is 15.4. The van der Waals surface area contributed by atoms with Gasteiger partial charge in [0.2, 0.25) is 11.2 Å². The second-order valence-corrected chi connectivity index (χ2v) is 7.02. The molecule has 0 atom stereocenters. The van der Waals surface area contributed by atoms with Crippen LogP contribution in [0.25, 0.3) is 21.9 Å². The van der Waals surface area contributed by atoms with Gasteiger partial charge in [-0.25, -0.2) is 0 Å². The summed E-state index contributed by atoms with van der Waals surface area (Å²) < 4.78 is 23.0. The fourth-order valence-corrected chi connectivity index (χ4v) is 3.70. The average molecular weight is 442 g/mol. The van der Waals surface area contributed by atoms with E-state index < -0.39 is 0 Å². The topological polar surface area (TPSA) is 74.2 Å². The van der Waals surface area contributed by atoms with Crippen molar-refractivity contribution in [2.45, 2.75) is 6.92 Å². The minimum absolute atomic E-state index is 0.264. The molecular weight excluding hydrogens is 426 g/mol. The first-order valence-electron chi connectivity index (χ1n) is 8.42. The van der Waals surface area contributed by atoms with Gasteiger partial charge in [-0.15, -0.1) is 0 Å². The van der Waals surface area contributed by atoms with Gasteiger partial charge in [0.15, 0.2) is 11.2 Å². The Hall–Kier alpha value is -3.06. The Bertz CT molecular complexity index is 1290. The molecule has 0 aliphatic rings. The van der Waals surface area contributed by atoms with Crippen LogP contribution in [0.5, 0.6) is 11.5 Å². The van der Waals surface area contributed by atoms with Gasteiger partial charge in [0.05, 0.1) is 37.1 Å². The monoisotopic (exact) mass is 441 g/mol. The highest BCUT2D eigenvalue weighted by atomic mass is 79.9. The van der Waals surface area contributed by atoms with E-state index in [-0.39, 0.29) is 16.4 Å². The van der Waals surface area contributed by atoms with E-state index >= 15 is 0 Å². The van der Waals surface area contributed by atoms with Crippen molar-refractivity contribution >= 4 is 49.8 Å². The fourth-order valence-electron chi connectivity index (χ4n) is 3.10. The summed E-state index contributed by atoms with van der Waals surface area (Å²) in [4.78, 5) is 17.6. The van der Waals surface area contributed by atoms with E-state index in [0.717, 1.165) is 10.0 Å². The first-order valence-corrected chi connectivity index (χ1v) is 9.21. The van der Waals surface area contributed by atoms with E-state index in [0.29, 0.717) is 33.7 Å². The maximum absolute atomic E-state index is 13.2. The van der Waals surface area contributed by atoms with Crippen LogP contribution in [0.15, 0.2) is 59.9 Å². The van der Waals surface area contributed by atoms with E-state index in [9.17, 15) is 4.79 Å². The van der Waals surface area contributed by atoms with Crippen molar-refractivity contribution in [3.8, 4) is 11.5 Å². The zero-order chi connectivity index (χ0) is 19.8. The van der Waals surface area contributed by atoms with Crippen LogP contribution in [0.1, 0.15) is 11.1 Å². The summed E-state index contributed by atoms with van der Waals surface area (Å²) in [6.45, 7) is 1.99. The summed E-state index contributed by atoms with van der Waals surface area (Å²) in [5.74, 6) is 0.720. The normalized spacial score (nSPS) is 11.6. The summed E-state index contributed by atoms with van der Waals surface area (Å²) >= 11 is 3.48. The van der Waals surface area contributed by atoms with E-state index in [2.05, 4.69) is 20.9 Å². The standard InChI is InChI=1S/C21H16BrNO5/c1-11-4-5-15(14(22)8-11)23-9-12-10-28-20-16(17(12)24)18(25-2)13-6-7-27-19(13)21(20)26-3/h4-10H,1-3H3. The number of halogens is 1. The van der Waals surface area contributed by atoms with Gasteiger partial charge in [-0.1, -0.05) is 6.07 Å². The first kappa shape index (κ1) is 18.3. The molecule has 0 aliphatic carbocycles. The van der Waals surface area contributed by atoms with Crippen molar-refractivity contribution in [2.24, 2.45) is 4.99 Å². The van der Waals surface area contributed by atoms with Crippen LogP contribution in [0.2, 0.25) is 0 Å². The largest absolute Gasteiger partial charge is 0.495 e. The van der Waals surface area contributed by atoms with E-state index in [1.54, 1.807) is 6.07 Å². The van der Waals surface area contributed by atoms with Crippen LogP contribution >= 0.6 is 15.9 Å². The number of aliphatic imine (C=N–C) groups is 1. The molecule has 0 spiro atoms. The second-order valence-electron chi connectivity index (χ2n) is 6.17. The van der Waals surface area contributed by atoms with Gasteiger partial charge in [-0.3, -0.25) is 9.79 Å². The minimum Gasteiger partial charge on any atom is -0.495 e. The number of nitrogens with zero attached hydrogens (tertiary/aromatic N) is 1. The molecule has 0 fully saturated rings. The van der Waals surface area contributed by atoms with Gasteiger partial charge >= 0.3 is 0 Å². The third-order valence-electron chi connectivity index (χ3n) is 4.42. The second kappa shape index (κ2) is 7.16. The molecule has 2 aromatic heterocycles. The molecule has 0 N–H and O–H groups in total. The number of hydrogen-bond donors (Lipinski definition) is 0. The highest BCUT2D eigenvalue weighted by molar-refractivity contribution is 9.10. The molecular formula is C21H16BrNO5. The lowest BCUT2D eigenvalue weighted by Gasteiger charge is -2.10. The van der Waals surface area contributed by atoms with Crippen molar-refractivity contribution < 1.29 is 18.3 Å². The molecule has 0 amide bonds. The van der Waals surface area contributed by atoms with Crippen molar-refractivity contribution in [1.29, 1.82) is 0 Å². The highest BCUT2D eigenvalue weighted by Crippen LogP contribution is 2.41. The van der Waals surface area contributed by atoms with E-state index in [1.807, 2.05) is 25.1 Å². The lowest BCUT2D eigenvalue weighted by atomic mass is 10.1. The van der Waals surface area contributed by atoms with Crippen LogP contribution < -0.4 is 14.9 Å². The summed E-state index contributed by atoms with van der Waals surface area (Å²) in [6.07, 6.45) is 4.34. The van der Waals surface area contributed by atoms with Crippen molar-refractivity contribution in [1.82, 2.24) is 0 Å².